The van der Waals surface area contributed by atoms with E-state index in [0.29, 0.717) is 10.7 Å². The van der Waals surface area contributed by atoms with Crippen LogP contribution in [0.5, 0.6) is 0 Å². The van der Waals surface area contributed by atoms with Crippen LogP contribution in [-0.4, -0.2) is 32.4 Å². The first-order valence-electron chi connectivity index (χ1n) is 7.68. The Hall–Kier alpha value is -1.63. The van der Waals surface area contributed by atoms with Gasteiger partial charge in [0.15, 0.2) is 5.65 Å². The van der Waals surface area contributed by atoms with Gasteiger partial charge in [-0.3, -0.25) is 0 Å². The summed E-state index contributed by atoms with van der Waals surface area (Å²) < 4.78 is 2.51. The molecule has 5 nitrogen and oxygen atoms in total. The van der Waals surface area contributed by atoms with Gasteiger partial charge in [-0.25, -0.2) is 4.98 Å². The molecule has 2 aromatic heterocycles. The van der Waals surface area contributed by atoms with Gasteiger partial charge >= 0.3 is 0 Å². The van der Waals surface area contributed by atoms with Gasteiger partial charge in [0.25, 0.3) is 0 Å². The van der Waals surface area contributed by atoms with Gasteiger partial charge in [-0.15, -0.1) is 0 Å². The van der Waals surface area contributed by atoms with Crippen molar-refractivity contribution in [3.05, 3.63) is 46.0 Å². The number of nitrogens with zero attached hydrogens (tertiary/aromatic N) is 3. The van der Waals surface area contributed by atoms with Crippen molar-refractivity contribution < 1.29 is 5.11 Å². The first-order chi connectivity index (χ1) is 11.5. The SMILES string of the molecule is CC(C)[C@@H](CO)Nc1cc(-c2ccccc2Cl)nc2c(Br)cnn12. The van der Waals surface area contributed by atoms with E-state index in [1.54, 1.807) is 10.7 Å². The predicted octanol–water partition coefficient (Wildman–Crippen LogP) is 4.24. The van der Waals surface area contributed by atoms with Crippen molar-refractivity contribution in [2.45, 2.75) is 19.9 Å². The quantitative estimate of drug-likeness (QED) is 0.661. The van der Waals surface area contributed by atoms with Crippen LogP contribution in [0.1, 0.15) is 13.8 Å². The van der Waals surface area contributed by atoms with Crippen LogP contribution in [0.15, 0.2) is 41.0 Å². The molecule has 0 aliphatic rings. The molecule has 0 amide bonds. The van der Waals surface area contributed by atoms with E-state index in [-0.39, 0.29) is 18.6 Å². The number of nitrogens with one attached hydrogen (secondary N) is 1. The summed E-state index contributed by atoms with van der Waals surface area (Å²) in [5.41, 5.74) is 2.29. The molecular weight excluding hydrogens is 392 g/mol. The zero-order chi connectivity index (χ0) is 17.3. The third-order valence-electron chi connectivity index (χ3n) is 3.91. The summed E-state index contributed by atoms with van der Waals surface area (Å²) in [6.45, 7) is 4.14. The lowest BCUT2D eigenvalue weighted by Crippen LogP contribution is -2.30. The number of anilines is 1. The number of aliphatic hydroxyl groups excluding tert-OH is 1. The Morgan fingerprint density at radius 1 is 1.33 bits per heavy atom. The van der Waals surface area contributed by atoms with E-state index in [1.807, 2.05) is 30.3 Å². The average molecular weight is 410 g/mol. The van der Waals surface area contributed by atoms with Gasteiger partial charge in [0.2, 0.25) is 0 Å². The molecule has 0 fully saturated rings. The van der Waals surface area contributed by atoms with E-state index < -0.39 is 0 Å². The molecule has 2 heterocycles. The number of fused-ring (bicyclic) bond motifs is 1. The second-order valence-electron chi connectivity index (χ2n) is 5.91. The zero-order valence-electron chi connectivity index (χ0n) is 13.4. The normalized spacial score (nSPS) is 12.8. The first-order valence-corrected chi connectivity index (χ1v) is 8.85. The molecule has 0 aliphatic carbocycles. The van der Waals surface area contributed by atoms with Crippen LogP contribution in [-0.2, 0) is 0 Å². The molecule has 0 spiro atoms. The average Bonchev–Trinajstić information content (AvgIpc) is 2.94. The third kappa shape index (κ3) is 3.27. The highest BCUT2D eigenvalue weighted by Crippen LogP contribution is 2.30. The van der Waals surface area contributed by atoms with Crippen LogP contribution >= 0.6 is 27.5 Å². The Morgan fingerprint density at radius 2 is 2.08 bits per heavy atom. The Kier molecular flexibility index (Phi) is 5.08. The minimum absolute atomic E-state index is 0.0331. The van der Waals surface area contributed by atoms with Gasteiger partial charge in [-0.2, -0.15) is 9.61 Å². The maximum absolute atomic E-state index is 9.63. The highest BCUT2D eigenvalue weighted by Gasteiger charge is 2.17. The van der Waals surface area contributed by atoms with Gasteiger partial charge < -0.3 is 10.4 Å². The number of rotatable bonds is 5. The van der Waals surface area contributed by atoms with E-state index in [4.69, 9.17) is 11.6 Å². The van der Waals surface area contributed by atoms with Gasteiger partial charge in [-0.05, 0) is 27.9 Å². The highest BCUT2D eigenvalue weighted by atomic mass is 79.9. The van der Waals surface area contributed by atoms with Crippen LogP contribution in [0, 0.1) is 5.92 Å². The van der Waals surface area contributed by atoms with Crippen molar-refractivity contribution in [2.24, 2.45) is 5.92 Å². The molecule has 0 unspecified atom stereocenters. The summed E-state index contributed by atoms with van der Waals surface area (Å²) in [6.07, 6.45) is 1.70. The molecule has 2 N–H and O–H groups in total. The number of hydrogen-bond acceptors (Lipinski definition) is 4. The molecule has 0 radical (unpaired) electrons. The van der Waals surface area contributed by atoms with E-state index in [9.17, 15) is 5.11 Å². The van der Waals surface area contributed by atoms with Crippen LogP contribution in [0.25, 0.3) is 16.9 Å². The van der Waals surface area contributed by atoms with E-state index >= 15 is 0 Å². The molecule has 3 rings (SSSR count). The summed E-state index contributed by atoms with van der Waals surface area (Å²) in [5.74, 6) is 1.02. The minimum Gasteiger partial charge on any atom is -0.394 e. The Labute approximate surface area is 153 Å². The fourth-order valence-electron chi connectivity index (χ4n) is 2.46. The maximum Gasteiger partial charge on any atom is 0.172 e. The van der Waals surface area contributed by atoms with Crippen molar-refractivity contribution in [3.63, 3.8) is 0 Å². The molecule has 7 heteroatoms. The fraction of sp³-hybridized carbons (Fsp3) is 0.294. The number of aliphatic hydroxyl groups is 1. The Bertz CT molecular complexity index is 865. The van der Waals surface area contributed by atoms with Crippen LogP contribution in [0.3, 0.4) is 0 Å². The van der Waals surface area contributed by atoms with Crippen molar-refractivity contribution in [1.82, 2.24) is 14.6 Å². The molecule has 126 valence electrons. The van der Waals surface area contributed by atoms with E-state index in [1.165, 1.54) is 0 Å². The fourth-order valence-corrected chi connectivity index (χ4v) is 3.04. The molecular formula is C17H18BrClN4O. The van der Waals surface area contributed by atoms with E-state index in [2.05, 4.69) is 45.2 Å². The summed E-state index contributed by atoms with van der Waals surface area (Å²) in [7, 11) is 0. The zero-order valence-corrected chi connectivity index (χ0v) is 15.7. The number of halogens is 2. The monoisotopic (exact) mass is 408 g/mol. The number of hydrogen-bond donors (Lipinski definition) is 2. The smallest absolute Gasteiger partial charge is 0.172 e. The molecule has 0 saturated carbocycles. The van der Waals surface area contributed by atoms with Crippen LogP contribution in [0.2, 0.25) is 5.02 Å². The highest BCUT2D eigenvalue weighted by molar-refractivity contribution is 9.10. The summed E-state index contributed by atoms with van der Waals surface area (Å²) >= 11 is 9.81. The second kappa shape index (κ2) is 7.09. The second-order valence-corrected chi connectivity index (χ2v) is 7.17. The van der Waals surface area contributed by atoms with E-state index in [0.717, 1.165) is 21.5 Å². The van der Waals surface area contributed by atoms with Gasteiger partial charge in [-0.1, -0.05) is 43.6 Å². The first kappa shape index (κ1) is 17.2. The Balaban J connectivity index is 2.16. The molecule has 0 aliphatic heterocycles. The van der Waals surface area contributed by atoms with Gasteiger partial charge in [0.1, 0.15) is 5.82 Å². The maximum atomic E-state index is 9.63. The molecule has 3 aromatic rings. The van der Waals surface area contributed by atoms with Crippen LogP contribution < -0.4 is 5.32 Å². The third-order valence-corrected chi connectivity index (χ3v) is 4.80. The lowest BCUT2D eigenvalue weighted by Gasteiger charge is -2.22. The van der Waals surface area contributed by atoms with Crippen molar-refractivity contribution in [2.75, 3.05) is 11.9 Å². The molecule has 24 heavy (non-hydrogen) atoms. The minimum atomic E-state index is -0.0855. The number of aromatic nitrogens is 3. The topological polar surface area (TPSA) is 62.5 Å². The summed E-state index contributed by atoms with van der Waals surface area (Å²) in [5, 5.41) is 18.0. The lowest BCUT2D eigenvalue weighted by molar-refractivity contribution is 0.249. The van der Waals surface area contributed by atoms with Gasteiger partial charge in [0.05, 0.1) is 29.0 Å². The standard InChI is InChI=1S/C17H18BrClN4O/c1-10(2)15(9-24)21-16-7-14(11-5-3-4-6-13(11)19)22-17-12(18)8-20-23(16)17/h3-8,10,15,21,24H,9H2,1-2H3/t15-/m1/s1. The Morgan fingerprint density at radius 3 is 2.75 bits per heavy atom. The van der Waals surface area contributed by atoms with Crippen LogP contribution in [0.4, 0.5) is 5.82 Å². The largest absolute Gasteiger partial charge is 0.394 e. The van der Waals surface area contributed by atoms with Crippen molar-refractivity contribution >= 4 is 39.0 Å². The molecule has 0 saturated heterocycles. The molecule has 0 bridgehead atoms. The summed E-state index contributed by atoms with van der Waals surface area (Å²) in [6, 6.07) is 9.40. The van der Waals surface area contributed by atoms with Crippen molar-refractivity contribution in [3.8, 4) is 11.3 Å². The summed E-state index contributed by atoms with van der Waals surface area (Å²) in [4.78, 5) is 4.67. The number of benzene rings is 1. The predicted molar refractivity (Wildman–Crippen MR) is 100 cm³/mol. The lowest BCUT2D eigenvalue weighted by atomic mass is 10.1. The van der Waals surface area contributed by atoms with Crippen molar-refractivity contribution in [1.29, 1.82) is 0 Å². The molecule has 1 aromatic carbocycles. The van der Waals surface area contributed by atoms with Gasteiger partial charge in [0, 0.05) is 16.7 Å². The molecule has 1 atom stereocenters.